The number of halogens is 1. The molecule has 1 atom stereocenters. The van der Waals surface area contributed by atoms with Gasteiger partial charge in [0.2, 0.25) is 5.91 Å². The number of nitrogens with one attached hydrogen (secondary N) is 1. The molecule has 0 saturated heterocycles. The minimum Gasteiger partial charge on any atom is -0.353 e. The number of carbonyl (C=O) groups is 1. The second-order valence-corrected chi connectivity index (χ2v) is 7.07. The number of thiophene rings is 1. The van der Waals surface area contributed by atoms with Gasteiger partial charge in [0.05, 0.1) is 11.8 Å². The number of rotatable bonds is 7. The van der Waals surface area contributed by atoms with Crippen molar-refractivity contribution in [1.82, 2.24) is 10.2 Å². The maximum atomic E-state index is 12.8. The summed E-state index contributed by atoms with van der Waals surface area (Å²) < 4.78 is 12.8. The molecule has 1 heterocycles. The van der Waals surface area contributed by atoms with E-state index in [4.69, 9.17) is 0 Å². The van der Waals surface area contributed by atoms with Gasteiger partial charge in [0.15, 0.2) is 0 Å². The lowest BCUT2D eigenvalue weighted by Crippen LogP contribution is -2.35. The summed E-state index contributed by atoms with van der Waals surface area (Å²) in [4.78, 5) is 16.2. The zero-order valence-corrected chi connectivity index (χ0v) is 14.2. The van der Waals surface area contributed by atoms with E-state index in [0.717, 1.165) is 4.90 Å². The summed E-state index contributed by atoms with van der Waals surface area (Å²) in [7, 11) is 4.01. The number of carbonyl (C=O) groups excluding carboxylic acids is 1. The van der Waals surface area contributed by atoms with E-state index in [1.165, 1.54) is 28.8 Å². The minimum atomic E-state index is -0.265. The molecule has 0 fully saturated rings. The van der Waals surface area contributed by atoms with Crippen molar-refractivity contribution in [3.63, 3.8) is 0 Å². The molecule has 3 nitrogen and oxygen atoms in total. The van der Waals surface area contributed by atoms with Crippen LogP contribution in [-0.4, -0.2) is 37.2 Å². The number of hydrogen-bond donors (Lipinski definition) is 1. The van der Waals surface area contributed by atoms with Gasteiger partial charge in [-0.3, -0.25) is 4.79 Å². The second-order valence-electron chi connectivity index (χ2n) is 5.04. The Labute approximate surface area is 138 Å². The molecule has 0 aliphatic carbocycles. The highest BCUT2D eigenvalue weighted by molar-refractivity contribution is 8.00. The van der Waals surface area contributed by atoms with Crippen LogP contribution < -0.4 is 5.32 Å². The van der Waals surface area contributed by atoms with E-state index in [1.807, 2.05) is 25.5 Å². The molecule has 0 saturated carbocycles. The molecule has 118 valence electrons. The maximum absolute atomic E-state index is 12.8. The molecule has 6 heteroatoms. The van der Waals surface area contributed by atoms with Crippen molar-refractivity contribution in [2.75, 3.05) is 26.4 Å². The van der Waals surface area contributed by atoms with Crippen molar-refractivity contribution in [1.29, 1.82) is 0 Å². The maximum Gasteiger partial charge on any atom is 0.230 e. The lowest BCUT2D eigenvalue weighted by molar-refractivity contribution is -0.118. The van der Waals surface area contributed by atoms with Crippen molar-refractivity contribution in [2.24, 2.45) is 0 Å². The number of amides is 1. The number of hydrogen-bond acceptors (Lipinski definition) is 4. The minimum absolute atomic E-state index is 0.0160. The van der Waals surface area contributed by atoms with Crippen molar-refractivity contribution in [3.05, 3.63) is 52.5 Å². The first-order chi connectivity index (χ1) is 10.6. The zero-order valence-electron chi connectivity index (χ0n) is 12.6. The van der Waals surface area contributed by atoms with Crippen molar-refractivity contribution >= 4 is 29.0 Å². The standard InChI is InChI=1S/C16H19FN2OS2/c1-19(2)14(15-4-3-9-21-15)10-18-16(20)11-22-13-7-5-12(17)6-8-13/h3-9,14H,10-11H2,1-2H3,(H,18,20). The summed E-state index contributed by atoms with van der Waals surface area (Å²) >= 11 is 3.09. The molecule has 22 heavy (non-hydrogen) atoms. The van der Waals surface area contributed by atoms with Crippen LogP contribution in [0.2, 0.25) is 0 Å². The average molecular weight is 338 g/mol. The van der Waals surface area contributed by atoms with E-state index in [2.05, 4.69) is 16.3 Å². The van der Waals surface area contributed by atoms with Crippen molar-refractivity contribution in [2.45, 2.75) is 10.9 Å². The predicted octanol–water partition coefficient (Wildman–Crippen LogP) is 3.40. The lowest BCUT2D eigenvalue weighted by Gasteiger charge is -2.23. The largest absolute Gasteiger partial charge is 0.353 e. The Hall–Kier alpha value is -1.37. The Kier molecular flexibility index (Phi) is 6.42. The van der Waals surface area contributed by atoms with Gasteiger partial charge >= 0.3 is 0 Å². The third kappa shape index (κ3) is 5.12. The fourth-order valence-corrected chi connectivity index (χ4v) is 3.61. The normalized spacial score (nSPS) is 12.4. The highest BCUT2D eigenvalue weighted by Gasteiger charge is 2.16. The second kappa shape index (κ2) is 8.31. The van der Waals surface area contributed by atoms with Gasteiger partial charge in [0.25, 0.3) is 0 Å². The number of likely N-dealkylation sites (N-methyl/N-ethyl adjacent to an activating group) is 1. The third-order valence-corrected chi connectivity index (χ3v) is 5.16. The first-order valence-electron chi connectivity index (χ1n) is 6.91. The SMILES string of the molecule is CN(C)C(CNC(=O)CSc1ccc(F)cc1)c1cccs1. The van der Waals surface area contributed by atoms with E-state index in [9.17, 15) is 9.18 Å². The average Bonchev–Trinajstić information content (AvgIpc) is 3.00. The van der Waals surface area contributed by atoms with Crippen LogP contribution in [0.4, 0.5) is 4.39 Å². The van der Waals surface area contributed by atoms with Crippen LogP contribution in [0, 0.1) is 5.82 Å². The van der Waals surface area contributed by atoms with E-state index in [0.29, 0.717) is 12.3 Å². The molecular weight excluding hydrogens is 319 g/mol. The Bertz CT molecular complexity index is 585. The molecule has 1 aromatic heterocycles. The quantitative estimate of drug-likeness (QED) is 0.786. The summed E-state index contributed by atoms with van der Waals surface area (Å²) in [6, 6.07) is 10.4. The van der Waals surface area contributed by atoms with Crippen LogP contribution in [0.5, 0.6) is 0 Å². The fourth-order valence-electron chi connectivity index (χ4n) is 1.96. The summed E-state index contributed by atoms with van der Waals surface area (Å²) in [5, 5.41) is 5.00. The Balaban J connectivity index is 1.80. The summed E-state index contributed by atoms with van der Waals surface area (Å²) in [6.07, 6.45) is 0. The molecule has 0 radical (unpaired) electrons. The van der Waals surface area contributed by atoms with E-state index >= 15 is 0 Å². The molecule has 0 spiro atoms. The molecule has 1 N–H and O–H groups in total. The molecule has 2 aromatic rings. The monoisotopic (exact) mass is 338 g/mol. The van der Waals surface area contributed by atoms with Crippen LogP contribution in [0.15, 0.2) is 46.7 Å². The Morgan fingerprint density at radius 2 is 2.05 bits per heavy atom. The zero-order chi connectivity index (χ0) is 15.9. The van der Waals surface area contributed by atoms with Gasteiger partial charge in [-0.1, -0.05) is 6.07 Å². The van der Waals surface area contributed by atoms with Gasteiger partial charge in [0.1, 0.15) is 5.82 Å². The predicted molar refractivity (Wildman–Crippen MR) is 90.9 cm³/mol. The Morgan fingerprint density at radius 3 is 2.64 bits per heavy atom. The van der Waals surface area contributed by atoms with Gasteiger partial charge in [-0.05, 0) is 49.8 Å². The van der Waals surface area contributed by atoms with Gasteiger partial charge in [0, 0.05) is 16.3 Å². The highest BCUT2D eigenvalue weighted by atomic mass is 32.2. The van der Waals surface area contributed by atoms with Crippen molar-refractivity contribution < 1.29 is 9.18 Å². The molecule has 0 aliphatic rings. The number of thioether (sulfide) groups is 1. The first-order valence-corrected chi connectivity index (χ1v) is 8.77. The van der Waals surface area contributed by atoms with Gasteiger partial charge in [-0.15, -0.1) is 23.1 Å². The van der Waals surface area contributed by atoms with Gasteiger partial charge in [-0.25, -0.2) is 4.39 Å². The summed E-state index contributed by atoms with van der Waals surface area (Å²) in [6.45, 7) is 0.580. The molecule has 1 aromatic carbocycles. The van der Waals surface area contributed by atoms with Gasteiger partial charge in [-0.2, -0.15) is 0 Å². The topological polar surface area (TPSA) is 32.3 Å². The molecule has 2 rings (SSSR count). The van der Waals surface area contributed by atoms with Gasteiger partial charge < -0.3 is 10.2 Å². The lowest BCUT2D eigenvalue weighted by atomic mass is 10.2. The molecule has 0 bridgehead atoms. The molecular formula is C16H19FN2OS2. The summed E-state index contributed by atoms with van der Waals surface area (Å²) in [5.41, 5.74) is 0. The van der Waals surface area contributed by atoms with Crippen molar-refractivity contribution in [3.8, 4) is 0 Å². The molecule has 0 aliphatic heterocycles. The van der Waals surface area contributed by atoms with Crippen LogP contribution in [0.1, 0.15) is 10.9 Å². The first kappa shape index (κ1) is 17.0. The number of benzene rings is 1. The van der Waals surface area contributed by atoms with Crippen LogP contribution in [0.3, 0.4) is 0 Å². The van der Waals surface area contributed by atoms with Crippen LogP contribution in [-0.2, 0) is 4.79 Å². The van der Waals surface area contributed by atoms with Crippen LogP contribution >= 0.6 is 23.1 Å². The third-order valence-electron chi connectivity index (χ3n) is 3.17. The van der Waals surface area contributed by atoms with Crippen LogP contribution in [0.25, 0.3) is 0 Å². The number of nitrogens with zero attached hydrogens (tertiary/aromatic N) is 1. The smallest absolute Gasteiger partial charge is 0.230 e. The van der Waals surface area contributed by atoms with E-state index in [-0.39, 0.29) is 17.8 Å². The molecule has 1 unspecified atom stereocenters. The fraction of sp³-hybridized carbons (Fsp3) is 0.312. The highest BCUT2D eigenvalue weighted by Crippen LogP contribution is 2.22. The van der Waals surface area contributed by atoms with E-state index < -0.39 is 0 Å². The summed E-state index contributed by atoms with van der Waals surface area (Å²) in [5.74, 6) is 0.0484. The Morgan fingerprint density at radius 1 is 1.32 bits per heavy atom. The molecule has 1 amide bonds. The van der Waals surface area contributed by atoms with E-state index in [1.54, 1.807) is 23.5 Å².